The highest BCUT2D eigenvalue weighted by Gasteiger charge is 2.31. The quantitative estimate of drug-likeness (QED) is 0.686. The van der Waals surface area contributed by atoms with Crippen LogP contribution < -0.4 is 16.6 Å². The van der Waals surface area contributed by atoms with Crippen molar-refractivity contribution in [2.24, 2.45) is 14.1 Å². The van der Waals surface area contributed by atoms with Crippen molar-refractivity contribution in [2.75, 3.05) is 19.6 Å². The summed E-state index contributed by atoms with van der Waals surface area (Å²) in [5.41, 5.74) is -1.35. The van der Waals surface area contributed by atoms with Gasteiger partial charge >= 0.3 is 5.69 Å². The van der Waals surface area contributed by atoms with E-state index in [1.54, 1.807) is 0 Å². The van der Waals surface area contributed by atoms with Crippen LogP contribution in [0.1, 0.15) is 6.92 Å². The van der Waals surface area contributed by atoms with Gasteiger partial charge in [0, 0.05) is 46.0 Å². The molecule has 0 spiro atoms. The highest BCUT2D eigenvalue weighted by Crippen LogP contribution is 2.13. The van der Waals surface area contributed by atoms with Crippen LogP contribution in [0.25, 0.3) is 0 Å². The number of rotatable bonds is 2. The van der Waals surface area contributed by atoms with E-state index in [1.165, 1.54) is 18.4 Å². The minimum atomic E-state index is -3.89. The minimum Gasteiger partial charge on any atom is -0.312 e. The SMILES string of the molecule is C[C@H]1CN(S(=O)(=O)c2cn(C)c(=O)n(C)c2=O)CCN1. The maximum atomic E-state index is 12.5. The van der Waals surface area contributed by atoms with Gasteiger partial charge in [-0.05, 0) is 6.92 Å². The predicted molar refractivity (Wildman–Crippen MR) is 73.1 cm³/mol. The van der Waals surface area contributed by atoms with Gasteiger partial charge < -0.3 is 9.88 Å². The smallest absolute Gasteiger partial charge is 0.312 e. The highest BCUT2D eigenvalue weighted by molar-refractivity contribution is 7.89. The molecule has 0 saturated carbocycles. The summed E-state index contributed by atoms with van der Waals surface area (Å²) < 4.78 is 28.3. The van der Waals surface area contributed by atoms with Crippen LogP contribution >= 0.6 is 0 Å². The topological polar surface area (TPSA) is 93.4 Å². The molecule has 2 rings (SSSR count). The molecule has 8 nitrogen and oxygen atoms in total. The molecule has 1 fully saturated rings. The molecule has 0 aliphatic carbocycles. The molecule has 9 heteroatoms. The van der Waals surface area contributed by atoms with Gasteiger partial charge in [0.2, 0.25) is 10.0 Å². The van der Waals surface area contributed by atoms with E-state index in [1.807, 2.05) is 6.92 Å². The van der Waals surface area contributed by atoms with Gasteiger partial charge in [-0.2, -0.15) is 4.31 Å². The van der Waals surface area contributed by atoms with E-state index in [2.05, 4.69) is 5.32 Å². The molecule has 0 aromatic carbocycles. The van der Waals surface area contributed by atoms with Crippen molar-refractivity contribution < 1.29 is 8.42 Å². The fourth-order valence-corrected chi connectivity index (χ4v) is 3.88. The van der Waals surface area contributed by atoms with Gasteiger partial charge in [0.05, 0.1) is 0 Å². The molecule has 0 bridgehead atoms. The van der Waals surface area contributed by atoms with E-state index >= 15 is 0 Å². The Morgan fingerprint density at radius 1 is 1.30 bits per heavy atom. The molecule has 1 aromatic heterocycles. The maximum Gasteiger partial charge on any atom is 0.330 e. The van der Waals surface area contributed by atoms with Crippen LogP contribution in [0, 0.1) is 0 Å². The van der Waals surface area contributed by atoms with E-state index in [9.17, 15) is 18.0 Å². The Morgan fingerprint density at radius 3 is 2.55 bits per heavy atom. The fraction of sp³-hybridized carbons (Fsp3) is 0.636. The summed E-state index contributed by atoms with van der Waals surface area (Å²) in [6, 6.07) is 0.0231. The molecule has 0 radical (unpaired) electrons. The zero-order valence-electron chi connectivity index (χ0n) is 11.7. The van der Waals surface area contributed by atoms with Gasteiger partial charge in [-0.25, -0.2) is 13.2 Å². The first-order valence-electron chi connectivity index (χ1n) is 6.25. The van der Waals surface area contributed by atoms with Crippen molar-refractivity contribution in [1.29, 1.82) is 0 Å². The number of nitrogens with zero attached hydrogens (tertiary/aromatic N) is 3. The first-order valence-corrected chi connectivity index (χ1v) is 7.69. The van der Waals surface area contributed by atoms with Gasteiger partial charge in [-0.1, -0.05) is 0 Å². The lowest BCUT2D eigenvalue weighted by Crippen LogP contribution is -2.52. The van der Waals surface area contributed by atoms with E-state index in [0.29, 0.717) is 19.6 Å². The van der Waals surface area contributed by atoms with Crippen molar-refractivity contribution in [3.8, 4) is 0 Å². The largest absolute Gasteiger partial charge is 0.330 e. The van der Waals surface area contributed by atoms with Gasteiger partial charge in [-0.3, -0.25) is 9.36 Å². The van der Waals surface area contributed by atoms with Crippen molar-refractivity contribution in [3.05, 3.63) is 27.0 Å². The second-order valence-electron chi connectivity index (χ2n) is 4.97. The number of hydrogen-bond donors (Lipinski definition) is 1. The van der Waals surface area contributed by atoms with Crippen molar-refractivity contribution in [1.82, 2.24) is 18.8 Å². The van der Waals surface area contributed by atoms with Gasteiger partial charge in [-0.15, -0.1) is 0 Å². The summed E-state index contributed by atoms with van der Waals surface area (Å²) in [7, 11) is -1.20. The normalized spacial score (nSPS) is 21.1. The molecular weight excluding hydrogens is 284 g/mol. The van der Waals surface area contributed by atoms with E-state index in [4.69, 9.17) is 0 Å². The standard InChI is InChI=1S/C11H18N4O4S/c1-8-6-15(5-4-12-8)20(18,19)9-7-13(2)11(17)14(3)10(9)16/h7-8,12H,4-6H2,1-3H3/t8-/m0/s1. The van der Waals surface area contributed by atoms with E-state index in [-0.39, 0.29) is 10.9 Å². The second kappa shape index (κ2) is 5.15. The summed E-state index contributed by atoms with van der Waals surface area (Å²) in [6.45, 7) is 3.01. The number of aryl methyl sites for hydroxylation is 1. The Labute approximate surface area is 116 Å². The number of piperazine rings is 1. The maximum absolute atomic E-state index is 12.5. The lowest BCUT2D eigenvalue weighted by molar-refractivity contribution is 0.309. The molecule has 0 amide bonds. The summed E-state index contributed by atoms with van der Waals surface area (Å²) in [4.78, 5) is 23.3. The Hall–Kier alpha value is -1.45. The van der Waals surface area contributed by atoms with Gasteiger partial charge in [0.25, 0.3) is 5.56 Å². The molecule has 112 valence electrons. The van der Waals surface area contributed by atoms with Crippen LogP contribution in [-0.2, 0) is 24.1 Å². The molecule has 0 unspecified atom stereocenters. The Morgan fingerprint density at radius 2 is 1.95 bits per heavy atom. The summed E-state index contributed by atoms with van der Waals surface area (Å²) >= 11 is 0. The molecule has 1 aliphatic rings. The molecule has 1 saturated heterocycles. The monoisotopic (exact) mass is 302 g/mol. The third kappa shape index (κ3) is 2.43. The zero-order chi connectivity index (χ0) is 15.1. The van der Waals surface area contributed by atoms with Crippen LogP contribution in [-0.4, -0.2) is 47.5 Å². The Kier molecular flexibility index (Phi) is 3.85. The Bertz CT molecular complexity index is 734. The average Bonchev–Trinajstić information content (AvgIpc) is 2.40. The number of hydrogen-bond acceptors (Lipinski definition) is 5. The molecular formula is C11H18N4O4S. The number of aromatic nitrogens is 2. The van der Waals surface area contributed by atoms with Crippen LogP contribution in [0.5, 0.6) is 0 Å². The van der Waals surface area contributed by atoms with Gasteiger partial charge in [0.15, 0.2) is 4.90 Å². The molecule has 1 aromatic rings. The van der Waals surface area contributed by atoms with Gasteiger partial charge in [0.1, 0.15) is 0 Å². The molecule has 20 heavy (non-hydrogen) atoms. The zero-order valence-corrected chi connectivity index (χ0v) is 12.5. The van der Waals surface area contributed by atoms with Crippen molar-refractivity contribution >= 4 is 10.0 Å². The Balaban J connectivity index is 2.56. The molecule has 1 aliphatic heterocycles. The highest BCUT2D eigenvalue weighted by atomic mass is 32.2. The van der Waals surface area contributed by atoms with E-state index in [0.717, 1.165) is 15.3 Å². The van der Waals surface area contributed by atoms with Crippen molar-refractivity contribution in [2.45, 2.75) is 17.9 Å². The third-order valence-electron chi connectivity index (χ3n) is 3.36. The van der Waals surface area contributed by atoms with Crippen LogP contribution in [0.15, 0.2) is 20.7 Å². The molecule has 1 N–H and O–H groups in total. The first-order chi connectivity index (χ1) is 9.25. The predicted octanol–water partition coefficient (Wildman–Crippen LogP) is -1.93. The lowest BCUT2D eigenvalue weighted by atomic mass is 10.3. The molecule has 1 atom stereocenters. The second-order valence-corrected chi connectivity index (χ2v) is 6.88. The van der Waals surface area contributed by atoms with Crippen molar-refractivity contribution in [3.63, 3.8) is 0 Å². The fourth-order valence-electron chi connectivity index (χ4n) is 2.21. The van der Waals surface area contributed by atoms with Crippen LogP contribution in [0.2, 0.25) is 0 Å². The average molecular weight is 302 g/mol. The number of nitrogens with one attached hydrogen (secondary N) is 1. The van der Waals surface area contributed by atoms with E-state index < -0.39 is 21.3 Å². The summed E-state index contributed by atoms with van der Waals surface area (Å²) in [6.07, 6.45) is 1.09. The van der Waals surface area contributed by atoms with Crippen LogP contribution in [0.4, 0.5) is 0 Å². The third-order valence-corrected chi connectivity index (χ3v) is 5.21. The summed E-state index contributed by atoms with van der Waals surface area (Å²) in [5, 5.41) is 3.14. The first kappa shape index (κ1) is 14.9. The lowest BCUT2D eigenvalue weighted by Gasteiger charge is -2.30. The molecule has 2 heterocycles. The number of sulfonamides is 1. The minimum absolute atomic E-state index is 0.0231. The van der Waals surface area contributed by atoms with Crippen LogP contribution in [0.3, 0.4) is 0 Å². The summed E-state index contributed by atoms with van der Waals surface area (Å²) in [5.74, 6) is 0.